The molecule has 0 saturated heterocycles. The Morgan fingerprint density at radius 3 is 2.71 bits per heavy atom. The molecular formula is C14H22N2O. The predicted octanol–water partition coefficient (Wildman–Crippen LogP) is 3.21. The molecule has 0 bridgehead atoms. The second kappa shape index (κ2) is 6.28. The first-order chi connectivity index (χ1) is 8.00. The van der Waals surface area contributed by atoms with Crippen molar-refractivity contribution in [2.24, 2.45) is 5.73 Å². The monoisotopic (exact) mass is 234 g/mol. The van der Waals surface area contributed by atoms with Crippen molar-refractivity contribution < 1.29 is 4.74 Å². The van der Waals surface area contributed by atoms with E-state index >= 15 is 0 Å². The van der Waals surface area contributed by atoms with Crippen LogP contribution in [0.4, 0.5) is 0 Å². The average Bonchev–Trinajstić information content (AvgIpc) is 2.25. The van der Waals surface area contributed by atoms with Crippen LogP contribution in [-0.2, 0) is 0 Å². The molecule has 0 heterocycles. The molecule has 3 N–H and O–H groups in total. The van der Waals surface area contributed by atoms with Crippen LogP contribution >= 0.6 is 0 Å². The highest BCUT2D eigenvalue weighted by Gasteiger charge is 2.04. The Labute approximate surface area is 103 Å². The van der Waals surface area contributed by atoms with Crippen molar-refractivity contribution in [3.63, 3.8) is 0 Å². The van der Waals surface area contributed by atoms with E-state index in [4.69, 9.17) is 15.9 Å². The molecule has 17 heavy (non-hydrogen) atoms. The van der Waals surface area contributed by atoms with Gasteiger partial charge in [0, 0.05) is 6.42 Å². The Bertz CT molecular complexity index is 386. The van der Waals surface area contributed by atoms with Gasteiger partial charge in [-0.15, -0.1) is 0 Å². The van der Waals surface area contributed by atoms with E-state index in [0.717, 1.165) is 17.7 Å². The number of aryl methyl sites for hydroxylation is 1. The molecule has 0 amide bonds. The highest BCUT2D eigenvalue weighted by atomic mass is 16.5. The number of ether oxygens (including phenoxy) is 1. The fraction of sp³-hybridized carbons (Fsp3) is 0.500. The van der Waals surface area contributed by atoms with Crippen LogP contribution in [0.1, 0.15) is 43.7 Å². The van der Waals surface area contributed by atoms with E-state index in [9.17, 15) is 0 Å². The zero-order chi connectivity index (χ0) is 12.8. The number of amidine groups is 1. The molecule has 0 fully saturated rings. The summed E-state index contributed by atoms with van der Waals surface area (Å²) in [6.07, 6.45) is 1.39. The van der Waals surface area contributed by atoms with Crippen molar-refractivity contribution in [3.05, 3.63) is 29.3 Å². The highest BCUT2D eigenvalue weighted by Crippen LogP contribution is 2.24. The lowest BCUT2D eigenvalue weighted by atomic mass is 10.0. The minimum atomic E-state index is 0.223. The van der Waals surface area contributed by atoms with Crippen molar-refractivity contribution in [1.29, 1.82) is 5.41 Å². The summed E-state index contributed by atoms with van der Waals surface area (Å²) in [5.74, 6) is 1.68. The van der Waals surface area contributed by atoms with E-state index < -0.39 is 0 Å². The summed E-state index contributed by atoms with van der Waals surface area (Å²) in [5.41, 5.74) is 7.73. The van der Waals surface area contributed by atoms with Crippen LogP contribution in [0, 0.1) is 12.3 Å². The Kier molecular flexibility index (Phi) is 5.01. The van der Waals surface area contributed by atoms with Gasteiger partial charge in [0.1, 0.15) is 5.75 Å². The second-order valence-electron chi connectivity index (χ2n) is 4.66. The molecule has 0 radical (unpaired) electrons. The van der Waals surface area contributed by atoms with Crippen LogP contribution in [0.3, 0.4) is 0 Å². The van der Waals surface area contributed by atoms with Crippen LogP contribution in [0.5, 0.6) is 5.75 Å². The van der Waals surface area contributed by atoms with Crippen LogP contribution < -0.4 is 10.5 Å². The topological polar surface area (TPSA) is 59.1 Å². The molecule has 0 spiro atoms. The molecule has 1 aromatic carbocycles. The number of hydrogen-bond donors (Lipinski definition) is 2. The van der Waals surface area contributed by atoms with Crippen molar-refractivity contribution in [2.45, 2.75) is 39.5 Å². The van der Waals surface area contributed by atoms with Crippen molar-refractivity contribution >= 4 is 5.84 Å². The zero-order valence-electron chi connectivity index (χ0n) is 10.9. The fourth-order valence-corrected chi connectivity index (χ4v) is 1.58. The van der Waals surface area contributed by atoms with Crippen LogP contribution in [0.15, 0.2) is 18.2 Å². The summed E-state index contributed by atoms with van der Waals surface area (Å²) < 4.78 is 5.73. The highest BCUT2D eigenvalue weighted by molar-refractivity contribution is 5.76. The SMILES string of the molecule is Cc1ccc(C(C)C)cc1OCCCC(=N)N. The summed E-state index contributed by atoms with van der Waals surface area (Å²) in [6.45, 7) is 7.00. The quantitative estimate of drug-likeness (QED) is 0.451. The molecular weight excluding hydrogens is 212 g/mol. The van der Waals surface area contributed by atoms with Gasteiger partial charge in [-0.2, -0.15) is 0 Å². The molecule has 94 valence electrons. The van der Waals surface area contributed by atoms with Crippen LogP contribution in [0.25, 0.3) is 0 Å². The maximum Gasteiger partial charge on any atom is 0.122 e. The standard InChI is InChI=1S/C14H22N2O/c1-10(2)12-7-6-11(3)13(9-12)17-8-4-5-14(15)16/h6-7,9-10H,4-5,8H2,1-3H3,(H3,15,16). The molecule has 3 nitrogen and oxygen atoms in total. The van der Waals surface area contributed by atoms with Gasteiger partial charge in [0.2, 0.25) is 0 Å². The summed E-state index contributed by atoms with van der Waals surface area (Å²) in [5, 5.41) is 7.13. The Hall–Kier alpha value is -1.51. The summed E-state index contributed by atoms with van der Waals surface area (Å²) in [7, 11) is 0. The molecule has 0 atom stereocenters. The Morgan fingerprint density at radius 2 is 2.12 bits per heavy atom. The van der Waals surface area contributed by atoms with E-state index in [0.29, 0.717) is 18.9 Å². The van der Waals surface area contributed by atoms with Gasteiger partial charge in [0.05, 0.1) is 12.4 Å². The predicted molar refractivity (Wildman–Crippen MR) is 71.9 cm³/mol. The molecule has 1 rings (SSSR count). The van der Waals surface area contributed by atoms with Gasteiger partial charge >= 0.3 is 0 Å². The first-order valence-electron chi connectivity index (χ1n) is 6.07. The largest absolute Gasteiger partial charge is 0.493 e. The van der Waals surface area contributed by atoms with Crippen molar-refractivity contribution in [2.75, 3.05) is 6.61 Å². The lowest BCUT2D eigenvalue weighted by Gasteiger charge is -2.12. The van der Waals surface area contributed by atoms with Gasteiger partial charge in [-0.05, 0) is 36.5 Å². The molecule has 0 saturated carbocycles. The molecule has 1 aromatic rings. The van der Waals surface area contributed by atoms with Gasteiger partial charge in [-0.3, -0.25) is 5.41 Å². The minimum Gasteiger partial charge on any atom is -0.493 e. The van der Waals surface area contributed by atoms with E-state index in [1.165, 1.54) is 5.56 Å². The van der Waals surface area contributed by atoms with Crippen LogP contribution in [-0.4, -0.2) is 12.4 Å². The molecule has 0 aliphatic carbocycles. The maximum absolute atomic E-state index is 7.13. The third kappa shape index (κ3) is 4.47. The molecule has 0 aliphatic rings. The Balaban J connectivity index is 2.57. The van der Waals surface area contributed by atoms with Crippen molar-refractivity contribution in [1.82, 2.24) is 0 Å². The minimum absolute atomic E-state index is 0.223. The number of hydrogen-bond acceptors (Lipinski definition) is 2. The van der Waals surface area contributed by atoms with E-state index in [1.807, 2.05) is 6.92 Å². The molecule has 0 unspecified atom stereocenters. The van der Waals surface area contributed by atoms with Gasteiger partial charge in [-0.25, -0.2) is 0 Å². The lowest BCUT2D eigenvalue weighted by molar-refractivity contribution is 0.311. The first-order valence-corrected chi connectivity index (χ1v) is 6.07. The first kappa shape index (κ1) is 13.6. The number of rotatable bonds is 6. The molecule has 0 aliphatic heterocycles. The number of nitrogens with one attached hydrogen (secondary N) is 1. The summed E-state index contributed by atoms with van der Waals surface area (Å²) in [4.78, 5) is 0. The average molecular weight is 234 g/mol. The normalized spacial score (nSPS) is 10.6. The van der Waals surface area contributed by atoms with Gasteiger partial charge in [0.15, 0.2) is 0 Å². The summed E-state index contributed by atoms with van der Waals surface area (Å²) in [6, 6.07) is 6.34. The fourth-order valence-electron chi connectivity index (χ4n) is 1.58. The van der Waals surface area contributed by atoms with E-state index in [2.05, 4.69) is 32.0 Å². The summed E-state index contributed by atoms with van der Waals surface area (Å²) >= 11 is 0. The molecule has 3 heteroatoms. The molecule has 0 aromatic heterocycles. The van der Waals surface area contributed by atoms with Gasteiger partial charge in [-0.1, -0.05) is 26.0 Å². The van der Waals surface area contributed by atoms with E-state index in [1.54, 1.807) is 0 Å². The second-order valence-corrected chi connectivity index (χ2v) is 4.66. The lowest BCUT2D eigenvalue weighted by Crippen LogP contribution is -2.11. The van der Waals surface area contributed by atoms with E-state index in [-0.39, 0.29) is 5.84 Å². The maximum atomic E-state index is 7.13. The van der Waals surface area contributed by atoms with Gasteiger partial charge < -0.3 is 10.5 Å². The third-order valence-electron chi connectivity index (χ3n) is 2.73. The zero-order valence-corrected chi connectivity index (χ0v) is 10.9. The van der Waals surface area contributed by atoms with Crippen LogP contribution in [0.2, 0.25) is 0 Å². The van der Waals surface area contributed by atoms with Gasteiger partial charge in [0.25, 0.3) is 0 Å². The van der Waals surface area contributed by atoms with Crippen molar-refractivity contribution in [3.8, 4) is 5.75 Å². The number of benzene rings is 1. The third-order valence-corrected chi connectivity index (χ3v) is 2.73. The number of nitrogens with two attached hydrogens (primary N) is 1. The smallest absolute Gasteiger partial charge is 0.122 e. The Morgan fingerprint density at radius 1 is 1.41 bits per heavy atom.